The van der Waals surface area contributed by atoms with Crippen LogP contribution in [-0.4, -0.2) is 24.1 Å². The number of rotatable bonds is 7. The fraction of sp³-hybridized carbons (Fsp3) is 0.333. The molecule has 0 aliphatic carbocycles. The normalized spacial score (nSPS) is 11.9. The minimum atomic E-state index is -0.0615. The molecule has 0 fully saturated rings. The first-order chi connectivity index (χ1) is 16.1. The lowest BCUT2D eigenvalue weighted by Gasteiger charge is -2.09. The summed E-state index contributed by atoms with van der Waals surface area (Å²) in [5.74, 6) is 0.504. The molecule has 0 bridgehead atoms. The Labute approximate surface area is 192 Å². The summed E-state index contributed by atoms with van der Waals surface area (Å²) in [4.78, 5) is 28.1. The van der Waals surface area contributed by atoms with Crippen LogP contribution in [0.2, 0.25) is 0 Å². The molecule has 6 nitrogen and oxygen atoms in total. The summed E-state index contributed by atoms with van der Waals surface area (Å²) in [6.07, 6.45) is 5.98. The Bertz CT molecular complexity index is 1500. The van der Waals surface area contributed by atoms with Gasteiger partial charge in [0.05, 0.1) is 17.4 Å². The van der Waals surface area contributed by atoms with Gasteiger partial charge in [0.2, 0.25) is 0 Å². The topological polar surface area (TPSA) is 65.6 Å². The number of hydrogen-bond donors (Lipinski definition) is 0. The predicted octanol–water partition coefficient (Wildman–Crippen LogP) is 5.67. The van der Waals surface area contributed by atoms with Crippen molar-refractivity contribution < 1.29 is 0 Å². The highest BCUT2D eigenvalue weighted by Crippen LogP contribution is 2.28. The van der Waals surface area contributed by atoms with E-state index in [4.69, 9.17) is 15.0 Å². The van der Waals surface area contributed by atoms with Crippen LogP contribution in [0.25, 0.3) is 38.9 Å². The van der Waals surface area contributed by atoms with Crippen molar-refractivity contribution in [2.24, 2.45) is 5.92 Å². The Morgan fingerprint density at radius 1 is 0.939 bits per heavy atom. The van der Waals surface area contributed by atoms with Crippen LogP contribution < -0.4 is 5.56 Å². The van der Waals surface area contributed by atoms with Gasteiger partial charge in [-0.1, -0.05) is 51.5 Å². The van der Waals surface area contributed by atoms with Gasteiger partial charge in [-0.05, 0) is 55.0 Å². The van der Waals surface area contributed by atoms with Crippen molar-refractivity contribution in [2.75, 3.05) is 0 Å². The molecule has 168 valence electrons. The molecule has 6 heteroatoms. The molecule has 0 N–H and O–H groups in total. The summed E-state index contributed by atoms with van der Waals surface area (Å²) in [6, 6.07) is 16.3. The van der Waals surface area contributed by atoms with E-state index < -0.39 is 0 Å². The van der Waals surface area contributed by atoms with E-state index in [2.05, 4.69) is 45.0 Å². The smallest absolute Gasteiger partial charge is 0.265 e. The number of para-hydroxylation sites is 2. The molecule has 0 radical (unpaired) electrons. The van der Waals surface area contributed by atoms with Crippen LogP contribution in [0.1, 0.15) is 45.6 Å². The van der Waals surface area contributed by atoms with Crippen molar-refractivity contribution >= 4 is 33.2 Å². The molecule has 5 aromatic rings. The Morgan fingerprint density at radius 3 is 2.36 bits per heavy atom. The van der Waals surface area contributed by atoms with Gasteiger partial charge in [-0.25, -0.2) is 15.0 Å². The molecule has 0 aliphatic rings. The van der Waals surface area contributed by atoms with E-state index in [0.29, 0.717) is 34.7 Å². The summed E-state index contributed by atoms with van der Waals surface area (Å²) >= 11 is 0. The van der Waals surface area contributed by atoms with E-state index in [-0.39, 0.29) is 5.56 Å². The number of aryl methyl sites for hydroxylation is 2. The predicted molar refractivity (Wildman–Crippen MR) is 134 cm³/mol. The molecule has 0 unspecified atom stereocenters. The second-order valence-electron chi connectivity index (χ2n) is 9.11. The lowest BCUT2D eigenvalue weighted by atomic mass is 10.1. The van der Waals surface area contributed by atoms with Crippen molar-refractivity contribution in [3.05, 3.63) is 70.8 Å². The summed E-state index contributed by atoms with van der Waals surface area (Å²) < 4.78 is 3.68. The Morgan fingerprint density at radius 2 is 1.67 bits per heavy atom. The maximum atomic E-state index is 13.5. The van der Waals surface area contributed by atoms with Crippen LogP contribution in [0.4, 0.5) is 0 Å². The standard InChI is InChI=1S/C27H29N5O/c1-4-5-8-19-11-13-20(14-12-19)32-25-23(27(33)31(17-28-25)16-15-18(2)3)24-26(32)30-22-10-7-6-9-21(22)29-24/h6-7,9-14,17-18H,4-5,8,15-16H2,1-3H3. The van der Waals surface area contributed by atoms with Gasteiger partial charge in [-0.2, -0.15) is 0 Å². The molecular formula is C27H29N5O. The number of fused-ring (bicyclic) bond motifs is 4. The first-order valence-electron chi connectivity index (χ1n) is 11.8. The molecule has 0 amide bonds. The molecule has 0 saturated heterocycles. The molecule has 3 aromatic heterocycles. The van der Waals surface area contributed by atoms with Crippen molar-refractivity contribution in [1.82, 2.24) is 24.1 Å². The highest BCUT2D eigenvalue weighted by atomic mass is 16.1. The van der Waals surface area contributed by atoms with E-state index in [0.717, 1.165) is 29.6 Å². The molecule has 2 aromatic carbocycles. The van der Waals surface area contributed by atoms with Gasteiger partial charge in [-0.15, -0.1) is 0 Å². The highest BCUT2D eigenvalue weighted by Gasteiger charge is 2.20. The van der Waals surface area contributed by atoms with Crippen molar-refractivity contribution in [1.29, 1.82) is 0 Å². The molecule has 0 spiro atoms. The van der Waals surface area contributed by atoms with Crippen LogP contribution in [-0.2, 0) is 13.0 Å². The van der Waals surface area contributed by atoms with E-state index in [1.165, 1.54) is 18.4 Å². The van der Waals surface area contributed by atoms with E-state index in [1.807, 2.05) is 28.8 Å². The van der Waals surface area contributed by atoms with Crippen molar-refractivity contribution in [3.8, 4) is 5.69 Å². The van der Waals surface area contributed by atoms with Gasteiger partial charge in [0, 0.05) is 12.2 Å². The third-order valence-electron chi connectivity index (χ3n) is 6.19. The largest absolute Gasteiger partial charge is 0.299 e. The second-order valence-corrected chi connectivity index (χ2v) is 9.11. The van der Waals surface area contributed by atoms with Crippen molar-refractivity contribution in [3.63, 3.8) is 0 Å². The Hall–Kier alpha value is -3.54. The number of hydrogen-bond acceptors (Lipinski definition) is 4. The third-order valence-corrected chi connectivity index (χ3v) is 6.19. The van der Waals surface area contributed by atoms with Crippen LogP contribution in [0, 0.1) is 5.92 Å². The van der Waals surface area contributed by atoms with E-state index in [1.54, 1.807) is 10.9 Å². The number of benzene rings is 2. The van der Waals surface area contributed by atoms with E-state index in [9.17, 15) is 4.79 Å². The van der Waals surface area contributed by atoms with Crippen LogP contribution >= 0.6 is 0 Å². The SMILES string of the molecule is CCCCc1ccc(-n2c3nc4ccccc4nc3c3c(=O)n(CCC(C)C)cnc32)cc1. The summed E-state index contributed by atoms with van der Waals surface area (Å²) in [6.45, 7) is 7.16. The van der Waals surface area contributed by atoms with Gasteiger partial charge in [0.15, 0.2) is 11.3 Å². The minimum Gasteiger partial charge on any atom is -0.299 e. The Balaban J connectivity index is 1.77. The lowest BCUT2D eigenvalue weighted by molar-refractivity contribution is 0.506. The van der Waals surface area contributed by atoms with Gasteiger partial charge >= 0.3 is 0 Å². The maximum absolute atomic E-state index is 13.5. The van der Waals surface area contributed by atoms with Crippen LogP contribution in [0.15, 0.2) is 59.7 Å². The highest BCUT2D eigenvalue weighted by molar-refractivity contribution is 6.05. The summed E-state index contributed by atoms with van der Waals surface area (Å²) in [5.41, 5.74) is 5.63. The number of aromatic nitrogens is 5. The third kappa shape index (κ3) is 3.90. The van der Waals surface area contributed by atoms with Crippen LogP contribution in [0.5, 0.6) is 0 Å². The minimum absolute atomic E-state index is 0.0615. The fourth-order valence-electron chi connectivity index (χ4n) is 4.27. The number of nitrogens with zero attached hydrogens (tertiary/aromatic N) is 5. The molecule has 0 atom stereocenters. The molecule has 5 rings (SSSR count). The van der Waals surface area contributed by atoms with Crippen LogP contribution in [0.3, 0.4) is 0 Å². The zero-order chi connectivity index (χ0) is 22.9. The first-order valence-corrected chi connectivity index (χ1v) is 11.8. The lowest BCUT2D eigenvalue weighted by Crippen LogP contribution is -2.21. The van der Waals surface area contributed by atoms with Gasteiger partial charge < -0.3 is 0 Å². The first kappa shape index (κ1) is 21.3. The van der Waals surface area contributed by atoms with Gasteiger partial charge in [0.25, 0.3) is 5.56 Å². The average Bonchev–Trinajstić information content (AvgIpc) is 3.15. The average molecular weight is 440 g/mol. The zero-order valence-electron chi connectivity index (χ0n) is 19.5. The monoisotopic (exact) mass is 439 g/mol. The van der Waals surface area contributed by atoms with Gasteiger partial charge in [-0.3, -0.25) is 13.9 Å². The second kappa shape index (κ2) is 8.77. The van der Waals surface area contributed by atoms with Crippen molar-refractivity contribution in [2.45, 2.75) is 53.0 Å². The maximum Gasteiger partial charge on any atom is 0.265 e. The molecular weight excluding hydrogens is 410 g/mol. The van der Waals surface area contributed by atoms with Gasteiger partial charge in [0.1, 0.15) is 10.9 Å². The molecule has 0 saturated carbocycles. The molecule has 3 heterocycles. The summed E-state index contributed by atoms with van der Waals surface area (Å²) in [7, 11) is 0. The fourth-order valence-corrected chi connectivity index (χ4v) is 4.27. The molecule has 33 heavy (non-hydrogen) atoms. The quantitative estimate of drug-likeness (QED) is 0.328. The Kier molecular flexibility index (Phi) is 5.67. The molecule has 0 aliphatic heterocycles. The summed E-state index contributed by atoms with van der Waals surface area (Å²) in [5, 5.41) is 0.532. The van der Waals surface area contributed by atoms with E-state index >= 15 is 0 Å². The number of unbranched alkanes of at least 4 members (excludes halogenated alkanes) is 1. The zero-order valence-corrected chi connectivity index (χ0v) is 19.5.